The molecule has 60 valence electrons. The Balaban J connectivity index is 2.60. The number of hydrogen-bond donors (Lipinski definition) is 1. The van der Waals surface area contributed by atoms with Crippen LogP contribution in [0.5, 0.6) is 0 Å². The van der Waals surface area contributed by atoms with Crippen molar-refractivity contribution in [3.63, 3.8) is 0 Å². The Labute approximate surface area is 65.0 Å². The van der Waals surface area contributed by atoms with E-state index < -0.39 is 5.97 Å². The third kappa shape index (κ3) is 1.91. The summed E-state index contributed by atoms with van der Waals surface area (Å²) < 4.78 is 4.99. The van der Waals surface area contributed by atoms with Crippen LogP contribution in [-0.4, -0.2) is 24.3 Å². The van der Waals surface area contributed by atoms with E-state index in [1.807, 2.05) is 0 Å². The highest BCUT2D eigenvalue weighted by Gasteiger charge is 2.10. The quantitative estimate of drug-likeness (QED) is 0.644. The summed E-state index contributed by atoms with van der Waals surface area (Å²) in [6, 6.07) is 0. The number of carbonyl (C=O) groups is 1. The van der Waals surface area contributed by atoms with Gasteiger partial charge >= 0.3 is 5.97 Å². The van der Waals surface area contributed by atoms with Crippen LogP contribution in [0.3, 0.4) is 0 Å². The zero-order valence-electron chi connectivity index (χ0n) is 6.28. The average Bonchev–Trinajstić information content (AvgIpc) is 2.05. The first-order chi connectivity index (χ1) is 5.24. The third-order valence-electron chi connectivity index (χ3n) is 1.61. The Morgan fingerprint density at radius 1 is 1.82 bits per heavy atom. The van der Waals surface area contributed by atoms with Crippen molar-refractivity contribution >= 4 is 5.97 Å². The van der Waals surface area contributed by atoms with Gasteiger partial charge in [-0.3, -0.25) is 0 Å². The van der Waals surface area contributed by atoms with E-state index >= 15 is 0 Å². The van der Waals surface area contributed by atoms with Gasteiger partial charge in [-0.25, -0.2) is 4.79 Å². The molecule has 1 atom stereocenters. The predicted octanol–water partition coefficient (Wildman–Crippen LogP) is 0.972. The Kier molecular flexibility index (Phi) is 2.44. The zero-order valence-corrected chi connectivity index (χ0v) is 6.28. The number of ether oxygens (including phenoxy) is 1. The van der Waals surface area contributed by atoms with Crippen LogP contribution in [-0.2, 0) is 9.53 Å². The molecule has 0 saturated heterocycles. The van der Waals surface area contributed by atoms with Gasteiger partial charge in [-0.15, -0.1) is 0 Å². The van der Waals surface area contributed by atoms with E-state index in [1.54, 1.807) is 25.3 Å². The highest BCUT2D eigenvalue weighted by atomic mass is 16.5. The lowest BCUT2D eigenvalue weighted by molar-refractivity contribution is -0.132. The van der Waals surface area contributed by atoms with Gasteiger partial charge in [0, 0.05) is 7.11 Å². The lowest BCUT2D eigenvalue weighted by Crippen LogP contribution is -2.11. The number of carboxylic acids is 1. The minimum Gasteiger partial charge on any atom is -0.478 e. The molecule has 0 saturated carbocycles. The average molecular weight is 154 g/mol. The number of hydrogen-bond acceptors (Lipinski definition) is 2. The fraction of sp³-hybridized carbons (Fsp3) is 0.375. The first kappa shape index (κ1) is 8.01. The fourth-order valence-electron chi connectivity index (χ4n) is 0.934. The molecule has 0 aromatic carbocycles. The topological polar surface area (TPSA) is 46.5 Å². The summed E-state index contributed by atoms with van der Waals surface area (Å²) in [6.45, 7) is 0. The third-order valence-corrected chi connectivity index (χ3v) is 1.61. The SMILES string of the molecule is COC1C=CC(C(=O)O)=CC1. The maximum Gasteiger partial charge on any atom is 0.335 e. The number of aliphatic carboxylic acids is 1. The maximum atomic E-state index is 10.4. The Morgan fingerprint density at radius 3 is 2.91 bits per heavy atom. The largest absolute Gasteiger partial charge is 0.478 e. The summed E-state index contributed by atoms with van der Waals surface area (Å²) in [4.78, 5) is 10.4. The van der Waals surface area contributed by atoms with Gasteiger partial charge in [-0.2, -0.15) is 0 Å². The number of carboxylic acid groups (broad SMARTS) is 1. The standard InChI is InChI=1S/C8H10O3/c1-11-7-4-2-6(3-5-7)8(9)10/h2-4,7H,5H2,1H3,(H,9,10). The fourth-order valence-corrected chi connectivity index (χ4v) is 0.934. The van der Waals surface area contributed by atoms with Crippen molar-refractivity contribution in [2.75, 3.05) is 7.11 Å². The highest BCUT2D eigenvalue weighted by Crippen LogP contribution is 2.12. The van der Waals surface area contributed by atoms with Gasteiger partial charge in [-0.1, -0.05) is 12.2 Å². The van der Waals surface area contributed by atoms with E-state index in [9.17, 15) is 4.79 Å². The maximum absolute atomic E-state index is 10.4. The monoisotopic (exact) mass is 154 g/mol. The Morgan fingerprint density at radius 2 is 2.55 bits per heavy atom. The van der Waals surface area contributed by atoms with Crippen molar-refractivity contribution in [1.29, 1.82) is 0 Å². The Hall–Kier alpha value is -1.09. The molecule has 1 unspecified atom stereocenters. The minimum atomic E-state index is -0.879. The van der Waals surface area contributed by atoms with E-state index in [0.717, 1.165) is 0 Å². The predicted molar refractivity (Wildman–Crippen MR) is 40.3 cm³/mol. The summed E-state index contributed by atoms with van der Waals surface area (Å²) in [5, 5.41) is 8.54. The van der Waals surface area contributed by atoms with Crippen LogP contribution >= 0.6 is 0 Å². The Bertz CT molecular complexity index is 215. The van der Waals surface area contributed by atoms with Gasteiger partial charge in [0.15, 0.2) is 0 Å². The van der Waals surface area contributed by atoms with E-state index in [1.165, 1.54) is 0 Å². The minimum absolute atomic E-state index is 0.0399. The van der Waals surface area contributed by atoms with Crippen molar-refractivity contribution < 1.29 is 14.6 Å². The molecule has 0 spiro atoms. The molecule has 0 bridgehead atoms. The van der Waals surface area contributed by atoms with Crippen LogP contribution in [0.2, 0.25) is 0 Å². The van der Waals surface area contributed by atoms with Crippen molar-refractivity contribution in [2.24, 2.45) is 0 Å². The van der Waals surface area contributed by atoms with Crippen molar-refractivity contribution in [3.8, 4) is 0 Å². The van der Waals surface area contributed by atoms with E-state index in [0.29, 0.717) is 12.0 Å². The zero-order chi connectivity index (χ0) is 8.27. The van der Waals surface area contributed by atoms with Crippen molar-refractivity contribution in [3.05, 3.63) is 23.8 Å². The molecule has 0 radical (unpaired) electrons. The van der Waals surface area contributed by atoms with Gasteiger partial charge in [0.1, 0.15) is 0 Å². The first-order valence-corrected chi connectivity index (χ1v) is 3.38. The van der Waals surface area contributed by atoms with E-state index in [2.05, 4.69) is 0 Å². The molecule has 0 fully saturated rings. The van der Waals surface area contributed by atoms with Crippen LogP contribution in [0.1, 0.15) is 6.42 Å². The molecule has 0 aromatic rings. The van der Waals surface area contributed by atoms with Gasteiger partial charge in [-0.05, 0) is 12.5 Å². The molecule has 1 N–H and O–H groups in total. The lowest BCUT2D eigenvalue weighted by Gasteiger charge is -2.11. The molecular weight excluding hydrogens is 144 g/mol. The van der Waals surface area contributed by atoms with Crippen LogP contribution in [0.25, 0.3) is 0 Å². The summed E-state index contributed by atoms with van der Waals surface area (Å²) in [6.07, 6.45) is 5.67. The van der Waals surface area contributed by atoms with Gasteiger partial charge in [0.25, 0.3) is 0 Å². The summed E-state index contributed by atoms with van der Waals surface area (Å²) in [5.74, 6) is -0.879. The molecule has 1 aliphatic rings. The van der Waals surface area contributed by atoms with Gasteiger partial charge in [0.2, 0.25) is 0 Å². The second-order valence-corrected chi connectivity index (χ2v) is 2.33. The van der Waals surface area contributed by atoms with E-state index in [-0.39, 0.29) is 6.10 Å². The summed E-state index contributed by atoms with van der Waals surface area (Å²) in [7, 11) is 1.61. The number of methoxy groups -OCH3 is 1. The lowest BCUT2D eigenvalue weighted by atomic mass is 10.1. The highest BCUT2D eigenvalue weighted by molar-refractivity contribution is 5.90. The van der Waals surface area contributed by atoms with Gasteiger partial charge < -0.3 is 9.84 Å². The molecule has 0 heterocycles. The van der Waals surface area contributed by atoms with Crippen LogP contribution in [0.15, 0.2) is 23.8 Å². The second kappa shape index (κ2) is 3.34. The molecule has 1 rings (SSSR count). The first-order valence-electron chi connectivity index (χ1n) is 3.38. The van der Waals surface area contributed by atoms with Gasteiger partial charge in [0.05, 0.1) is 11.7 Å². The number of rotatable bonds is 2. The summed E-state index contributed by atoms with van der Waals surface area (Å²) in [5.41, 5.74) is 0.346. The molecule has 3 nitrogen and oxygen atoms in total. The molecule has 0 amide bonds. The molecular formula is C8H10O3. The van der Waals surface area contributed by atoms with E-state index in [4.69, 9.17) is 9.84 Å². The molecule has 0 aliphatic heterocycles. The molecule has 1 aliphatic carbocycles. The smallest absolute Gasteiger partial charge is 0.335 e. The van der Waals surface area contributed by atoms with Crippen LogP contribution in [0.4, 0.5) is 0 Å². The second-order valence-electron chi connectivity index (χ2n) is 2.33. The van der Waals surface area contributed by atoms with Crippen molar-refractivity contribution in [1.82, 2.24) is 0 Å². The molecule has 3 heteroatoms. The van der Waals surface area contributed by atoms with Crippen LogP contribution in [0, 0.1) is 0 Å². The summed E-state index contributed by atoms with van der Waals surface area (Å²) >= 11 is 0. The normalized spacial score (nSPS) is 23.0. The van der Waals surface area contributed by atoms with Crippen LogP contribution < -0.4 is 0 Å². The molecule has 11 heavy (non-hydrogen) atoms. The van der Waals surface area contributed by atoms with Crippen molar-refractivity contribution in [2.45, 2.75) is 12.5 Å². The molecule has 0 aromatic heterocycles.